The van der Waals surface area contributed by atoms with Crippen LogP contribution >= 0.6 is 15.9 Å². The van der Waals surface area contributed by atoms with Crippen LogP contribution in [0.2, 0.25) is 0 Å². The zero-order chi connectivity index (χ0) is 14.4. The van der Waals surface area contributed by atoms with Crippen molar-refractivity contribution in [2.75, 3.05) is 19.0 Å². The third-order valence-electron chi connectivity index (χ3n) is 2.85. The Hall–Kier alpha value is -1.68. The molecule has 0 saturated carbocycles. The number of nitrogens with one attached hydrogen (secondary N) is 1. The van der Waals surface area contributed by atoms with Gasteiger partial charge in [0.1, 0.15) is 0 Å². The van der Waals surface area contributed by atoms with Crippen molar-refractivity contribution in [1.82, 2.24) is 0 Å². The van der Waals surface area contributed by atoms with E-state index in [9.17, 15) is 0 Å². The van der Waals surface area contributed by atoms with Gasteiger partial charge in [0, 0.05) is 22.8 Å². The van der Waals surface area contributed by atoms with E-state index in [4.69, 9.17) is 9.47 Å². The second-order valence-electron chi connectivity index (χ2n) is 4.28. The zero-order valence-electron chi connectivity index (χ0n) is 11.7. The first-order valence-corrected chi connectivity index (χ1v) is 7.31. The van der Waals surface area contributed by atoms with E-state index in [1.54, 1.807) is 7.11 Å². The monoisotopic (exact) mass is 335 g/mol. The van der Waals surface area contributed by atoms with Gasteiger partial charge in [-0.2, -0.15) is 0 Å². The van der Waals surface area contributed by atoms with Crippen LogP contribution in [0.4, 0.5) is 5.69 Å². The summed E-state index contributed by atoms with van der Waals surface area (Å²) in [6.07, 6.45) is 0. The molecule has 0 fully saturated rings. The molecule has 4 heteroatoms. The third-order valence-corrected chi connectivity index (χ3v) is 3.34. The summed E-state index contributed by atoms with van der Waals surface area (Å²) in [6.45, 7) is 3.34. The molecule has 20 heavy (non-hydrogen) atoms. The molecule has 0 spiro atoms. The highest BCUT2D eigenvalue weighted by atomic mass is 79.9. The summed E-state index contributed by atoms with van der Waals surface area (Å²) in [4.78, 5) is 0. The molecule has 0 saturated heterocycles. The lowest BCUT2D eigenvalue weighted by Crippen LogP contribution is -2.01. The highest BCUT2D eigenvalue weighted by molar-refractivity contribution is 9.10. The van der Waals surface area contributed by atoms with E-state index in [0.717, 1.165) is 28.2 Å². The van der Waals surface area contributed by atoms with E-state index in [-0.39, 0.29) is 0 Å². The van der Waals surface area contributed by atoms with Crippen LogP contribution in [0.3, 0.4) is 0 Å². The van der Waals surface area contributed by atoms with E-state index in [0.29, 0.717) is 6.61 Å². The molecule has 0 aliphatic carbocycles. The Morgan fingerprint density at radius 2 is 1.95 bits per heavy atom. The van der Waals surface area contributed by atoms with Gasteiger partial charge in [0.25, 0.3) is 0 Å². The van der Waals surface area contributed by atoms with Gasteiger partial charge >= 0.3 is 0 Å². The van der Waals surface area contributed by atoms with Crippen molar-refractivity contribution >= 4 is 21.6 Å². The lowest BCUT2D eigenvalue weighted by atomic mass is 10.2. The maximum atomic E-state index is 5.50. The molecule has 106 valence electrons. The molecule has 0 atom stereocenters. The highest BCUT2D eigenvalue weighted by Crippen LogP contribution is 2.30. The van der Waals surface area contributed by atoms with Crippen molar-refractivity contribution in [2.45, 2.75) is 13.5 Å². The van der Waals surface area contributed by atoms with Crippen molar-refractivity contribution in [2.24, 2.45) is 0 Å². The second kappa shape index (κ2) is 7.20. The molecule has 2 aromatic carbocycles. The van der Waals surface area contributed by atoms with Crippen molar-refractivity contribution in [3.05, 3.63) is 52.5 Å². The predicted octanol–water partition coefficient (Wildman–Crippen LogP) is 4.47. The average molecular weight is 336 g/mol. The third kappa shape index (κ3) is 3.90. The Kier molecular flexibility index (Phi) is 5.30. The van der Waals surface area contributed by atoms with Gasteiger partial charge in [0.05, 0.1) is 13.7 Å². The molecule has 0 aromatic heterocycles. The number of benzene rings is 2. The molecule has 0 bridgehead atoms. The Bertz CT molecular complexity index is 572. The minimum Gasteiger partial charge on any atom is -0.493 e. The van der Waals surface area contributed by atoms with Gasteiger partial charge in [-0.1, -0.05) is 28.1 Å². The van der Waals surface area contributed by atoms with Crippen LogP contribution in [-0.2, 0) is 6.54 Å². The molecule has 0 unspecified atom stereocenters. The van der Waals surface area contributed by atoms with E-state index in [1.165, 1.54) is 5.56 Å². The first-order valence-electron chi connectivity index (χ1n) is 6.52. The van der Waals surface area contributed by atoms with Crippen LogP contribution in [0.1, 0.15) is 12.5 Å². The molecule has 0 aliphatic rings. The van der Waals surface area contributed by atoms with Crippen molar-refractivity contribution in [3.8, 4) is 11.5 Å². The van der Waals surface area contributed by atoms with Crippen LogP contribution < -0.4 is 14.8 Å². The minimum atomic E-state index is 0.626. The molecule has 1 N–H and O–H groups in total. The summed E-state index contributed by atoms with van der Waals surface area (Å²) in [7, 11) is 1.65. The Labute approximate surface area is 128 Å². The first kappa shape index (κ1) is 14.7. The van der Waals surface area contributed by atoms with Gasteiger partial charge < -0.3 is 14.8 Å². The summed E-state index contributed by atoms with van der Waals surface area (Å²) in [6, 6.07) is 14.1. The number of ether oxygens (including phenoxy) is 2. The molecule has 0 aliphatic heterocycles. The number of halogens is 1. The van der Waals surface area contributed by atoms with Crippen LogP contribution in [0.15, 0.2) is 46.9 Å². The Balaban J connectivity index is 2.06. The lowest BCUT2D eigenvalue weighted by Gasteiger charge is -2.12. The SMILES string of the molecule is CCOc1ccc(NCc2cccc(Br)c2)cc1OC. The van der Waals surface area contributed by atoms with Gasteiger partial charge in [-0.25, -0.2) is 0 Å². The van der Waals surface area contributed by atoms with E-state index >= 15 is 0 Å². The molecule has 3 nitrogen and oxygen atoms in total. The lowest BCUT2D eigenvalue weighted by molar-refractivity contribution is 0.311. The fourth-order valence-corrected chi connectivity index (χ4v) is 2.35. The topological polar surface area (TPSA) is 30.5 Å². The number of hydrogen-bond acceptors (Lipinski definition) is 3. The fourth-order valence-electron chi connectivity index (χ4n) is 1.90. The van der Waals surface area contributed by atoms with Gasteiger partial charge in [-0.05, 0) is 36.8 Å². The summed E-state index contributed by atoms with van der Waals surface area (Å²) < 4.78 is 11.9. The van der Waals surface area contributed by atoms with Gasteiger partial charge in [0.15, 0.2) is 11.5 Å². The largest absolute Gasteiger partial charge is 0.493 e. The molecule has 2 rings (SSSR count). The number of hydrogen-bond donors (Lipinski definition) is 1. The smallest absolute Gasteiger partial charge is 0.162 e. The highest BCUT2D eigenvalue weighted by Gasteiger charge is 2.05. The summed E-state index contributed by atoms with van der Waals surface area (Å²) in [5.74, 6) is 1.51. The van der Waals surface area contributed by atoms with Crippen molar-refractivity contribution in [1.29, 1.82) is 0 Å². The summed E-state index contributed by atoms with van der Waals surface area (Å²) in [5, 5.41) is 3.38. The van der Waals surface area contributed by atoms with Crippen LogP contribution in [0.5, 0.6) is 11.5 Å². The molecule has 2 aromatic rings. The second-order valence-corrected chi connectivity index (χ2v) is 5.20. The fraction of sp³-hybridized carbons (Fsp3) is 0.250. The standard InChI is InChI=1S/C16H18BrNO2/c1-3-20-15-8-7-14(10-16(15)19-2)18-11-12-5-4-6-13(17)9-12/h4-10,18H,3,11H2,1-2H3. The molecule has 0 heterocycles. The molecular formula is C16H18BrNO2. The van der Waals surface area contributed by atoms with Gasteiger partial charge in [0.2, 0.25) is 0 Å². The van der Waals surface area contributed by atoms with Crippen LogP contribution in [-0.4, -0.2) is 13.7 Å². The van der Waals surface area contributed by atoms with Crippen molar-refractivity contribution in [3.63, 3.8) is 0 Å². The summed E-state index contributed by atoms with van der Waals surface area (Å²) in [5.41, 5.74) is 2.22. The van der Waals surface area contributed by atoms with Gasteiger partial charge in [-0.3, -0.25) is 0 Å². The van der Waals surface area contributed by atoms with Crippen LogP contribution in [0, 0.1) is 0 Å². The summed E-state index contributed by atoms with van der Waals surface area (Å²) >= 11 is 3.47. The zero-order valence-corrected chi connectivity index (χ0v) is 13.2. The Morgan fingerprint density at radius 1 is 1.10 bits per heavy atom. The van der Waals surface area contributed by atoms with E-state index in [1.807, 2.05) is 37.3 Å². The minimum absolute atomic E-state index is 0.626. The van der Waals surface area contributed by atoms with E-state index in [2.05, 4.69) is 33.4 Å². The molecular weight excluding hydrogens is 318 g/mol. The van der Waals surface area contributed by atoms with Crippen molar-refractivity contribution < 1.29 is 9.47 Å². The van der Waals surface area contributed by atoms with Crippen LogP contribution in [0.25, 0.3) is 0 Å². The van der Waals surface area contributed by atoms with Gasteiger partial charge in [-0.15, -0.1) is 0 Å². The molecule has 0 radical (unpaired) electrons. The Morgan fingerprint density at radius 3 is 2.65 bits per heavy atom. The number of anilines is 1. The van der Waals surface area contributed by atoms with E-state index < -0.39 is 0 Å². The number of methoxy groups -OCH3 is 1. The normalized spacial score (nSPS) is 10.2. The maximum Gasteiger partial charge on any atom is 0.162 e. The number of rotatable bonds is 6. The first-order chi connectivity index (χ1) is 9.72. The average Bonchev–Trinajstić information content (AvgIpc) is 2.46. The quantitative estimate of drug-likeness (QED) is 0.844. The molecule has 0 amide bonds. The predicted molar refractivity (Wildman–Crippen MR) is 85.6 cm³/mol. The maximum absolute atomic E-state index is 5.50.